The first kappa shape index (κ1) is 21.6. The number of para-hydroxylation sites is 1. The molecule has 1 saturated heterocycles. The second-order valence-corrected chi connectivity index (χ2v) is 7.85. The van der Waals surface area contributed by atoms with Crippen molar-refractivity contribution >= 4 is 46.3 Å². The molecule has 0 spiro atoms. The number of carbonyl (C=O) groups excluding carboxylic acids is 2. The van der Waals surface area contributed by atoms with Gasteiger partial charge in [-0.1, -0.05) is 23.7 Å². The second-order valence-electron chi connectivity index (χ2n) is 7.45. The van der Waals surface area contributed by atoms with Gasteiger partial charge in [-0.2, -0.15) is 0 Å². The summed E-state index contributed by atoms with van der Waals surface area (Å²) in [6, 6.07) is 17.2. The second kappa shape index (κ2) is 9.70. The third-order valence-electron chi connectivity index (χ3n) is 5.18. The van der Waals surface area contributed by atoms with Crippen molar-refractivity contribution < 1.29 is 14.0 Å². The van der Waals surface area contributed by atoms with Crippen molar-refractivity contribution in [3.05, 3.63) is 83.1 Å². The molecule has 0 aliphatic carbocycles. The highest BCUT2D eigenvalue weighted by molar-refractivity contribution is 6.33. The molecule has 164 valence electrons. The van der Waals surface area contributed by atoms with Gasteiger partial charge in [0.15, 0.2) is 0 Å². The Morgan fingerprint density at radius 2 is 1.53 bits per heavy atom. The zero-order valence-electron chi connectivity index (χ0n) is 17.2. The summed E-state index contributed by atoms with van der Waals surface area (Å²) in [5.74, 6) is -0.780. The van der Waals surface area contributed by atoms with Crippen molar-refractivity contribution in [3.8, 4) is 0 Å². The van der Waals surface area contributed by atoms with Crippen molar-refractivity contribution in [1.29, 1.82) is 0 Å². The molecule has 0 unspecified atom stereocenters. The van der Waals surface area contributed by atoms with Gasteiger partial charge < -0.3 is 20.9 Å². The number of anilines is 4. The normalized spacial score (nSPS) is 13.0. The summed E-state index contributed by atoms with van der Waals surface area (Å²) < 4.78 is 13.1. The summed E-state index contributed by atoms with van der Waals surface area (Å²) in [6.45, 7) is 1.78. The van der Waals surface area contributed by atoms with Crippen LogP contribution in [0.15, 0.2) is 66.7 Å². The zero-order chi connectivity index (χ0) is 22.5. The van der Waals surface area contributed by atoms with Crippen LogP contribution in [0.1, 0.15) is 23.2 Å². The van der Waals surface area contributed by atoms with Gasteiger partial charge in [-0.3, -0.25) is 4.79 Å². The van der Waals surface area contributed by atoms with E-state index in [1.165, 1.54) is 24.3 Å². The first-order chi connectivity index (χ1) is 15.5. The van der Waals surface area contributed by atoms with Crippen LogP contribution in [0.25, 0.3) is 0 Å². The molecule has 0 radical (unpaired) electrons. The number of amides is 3. The zero-order valence-corrected chi connectivity index (χ0v) is 18.0. The van der Waals surface area contributed by atoms with Crippen molar-refractivity contribution in [2.75, 3.05) is 33.9 Å². The summed E-state index contributed by atoms with van der Waals surface area (Å²) in [5.41, 5.74) is 2.77. The lowest BCUT2D eigenvalue weighted by Crippen LogP contribution is -2.24. The summed E-state index contributed by atoms with van der Waals surface area (Å²) in [6.07, 6.45) is 2.16. The summed E-state index contributed by atoms with van der Waals surface area (Å²) in [5, 5.41) is 8.85. The fourth-order valence-corrected chi connectivity index (χ4v) is 3.77. The Hall–Kier alpha value is -3.58. The molecule has 3 N–H and O–H groups in total. The molecule has 32 heavy (non-hydrogen) atoms. The molecule has 3 amide bonds. The lowest BCUT2D eigenvalue weighted by Gasteiger charge is -2.22. The smallest absolute Gasteiger partial charge is 0.323 e. The number of hydrogen-bond acceptors (Lipinski definition) is 3. The van der Waals surface area contributed by atoms with Crippen LogP contribution in [-0.4, -0.2) is 25.0 Å². The fraction of sp³-hybridized carbons (Fsp3) is 0.167. The topological polar surface area (TPSA) is 73.5 Å². The minimum atomic E-state index is -0.444. The van der Waals surface area contributed by atoms with E-state index in [2.05, 4.69) is 20.9 Å². The Labute approximate surface area is 190 Å². The Morgan fingerprint density at radius 1 is 0.844 bits per heavy atom. The van der Waals surface area contributed by atoms with Crippen LogP contribution in [0.4, 0.5) is 31.9 Å². The van der Waals surface area contributed by atoms with E-state index in [1.807, 2.05) is 6.07 Å². The minimum absolute atomic E-state index is 0.334. The van der Waals surface area contributed by atoms with Crippen molar-refractivity contribution in [3.63, 3.8) is 0 Å². The van der Waals surface area contributed by atoms with Crippen LogP contribution in [0.3, 0.4) is 0 Å². The Kier molecular flexibility index (Phi) is 6.56. The number of urea groups is 1. The van der Waals surface area contributed by atoms with Gasteiger partial charge in [0, 0.05) is 24.3 Å². The van der Waals surface area contributed by atoms with Crippen LogP contribution in [0.2, 0.25) is 5.02 Å². The molecule has 3 aromatic rings. The van der Waals surface area contributed by atoms with Gasteiger partial charge in [0.25, 0.3) is 5.91 Å². The number of benzene rings is 3. The standard InChI is InChI=1S/C24H22ClFN4O2/c25-19-5-1-2-6-20(19)28-24(32)29-21-15-18(11-12-22(21)30-13-3-4-14-30)27-23(31)16-7-9-17(26)10-8-16/h1-2,5-12,15H,3-4,13-14H2,(H,27,31)(H2,28,29,32). The molecule has 3 aromatic carbocycles. The van der Waals surface area contributed by atoms with E-state index in [0.717, 1.165) is 31.6 Å². The van der Waals surface area contributed by atoms with Crippen molar-refractivity contribution in [2.24, 2.45) is 0 Å². The molecule has 1 aliphatic rings. The molecule has 1 aliphatic heterocycles. The number of nitrogens with one attached hydrogen (secondary N) is 3. The maximum atomic E-state index is 13.1. The van der Waals surface area contributed by atoms with Gasteiger partial charge in [0.1, 0.15) is 5.82 Å². The maximum absolute atomic E-state index is 13.1. The number of carbonyl (C=O) groups is 2. The largest absolute Gasteiger partial charge is 0.370 e. The third kappa shape index (κ3) is 5.18. The van der Waals surface area contributed by atoms with Crippen molar-refractivity contribution in [2.45, 2.75) is 12.8 Å². The van der Waals surface area contributed by atoms with Crippen LogP contribution in [0.5, 0.6) is 0 Å². The van der Waals surface area contributed by atoms with E-state index in [1.54, 1.807) is 36.4 Å². The number of halogens is 2. The Bertz CT molecular complexity index is 1130. The molecule has 0 bridgehead atoms. The average molecular weight is 453 g/mol. The van der Waals surface area contributed by atoms with Gasteiger partial charge in [-0.05, 0) is 67.4 Å². The SMILES string of the molecule is O=C(Nc1ccccc1Cl)Nc1cc(NC(=O)c2ccc(F)cc2)ccc1N1CCCC1. The quantitative estimate of drug-likeness (QED) is 0.446. The van der Waals surface area contributed by atoms with Gasteiger partial charge >= 0.3 is 6.03 Å². The van der Waals surface area contributed by atoms with Gasteiger partial charge in [-0.25, -0.2) is 9.18 Å². The molecule has 4 rings (SSSR count). The predicted molar refractivity (Wildman–Crippen MR) is 126 cm³/mol. The molecule has 1 heterocycles. The van der Waals surface area contributed by atoms with Crippen LogP contribution < -0.4 is 20.9 Å². The van der Waals surface area contributed by atoms with Gasteiger partial charge in [-0.15, -0.1) is 0 Å². The number of nitrogens with zero attached hydrogens (tertiary/aromatic N) is 1. The fourth-order valence-electron chi connectivity index (χ4n) is 3.59. The summed E-state index contributed by atoms with van der Waals surface area (Å²) >= 11 is 6.13. The van der Waals surface area contributed by atoms with Crippen molar-refractivity contribution in [1.82, 2.24) is 0 Å². The molecule has 0 saturated carbocycles. The molecule has 6 nitrogen and oxygen atoms in total. The summed E-state index contributed by atoms with van der Waals surface area (Å²) in [7, 11) is 0. The molecule has 1 fully saturated rings. The Morgan fingerprint density at radius 3 is 2.25 bits per heavy atom. The average Bonchev–Trinajstić information content (AvgIpc) is 3.31. The monoisotopic (exact) mass is 452 g/mol. The van der Waals surface area contributed by atoms with Crippen LogP contribution in [0, 0.1) is 5.82 Å². The third-order valence-corrected chi connectivity index (χ3v) is 5.51. The van der Waals surface area contributed by atoms with Crippen LogP contribution in [-0.2, 0) is 0 Å². The minimum Gasteiger partial charge on any atom is -0.370 e. The molecule has 0 aromatic heterocycles. The highest BCUT2D eigenvalue weighted by atomic mass is 35.5. The molecule has 8 heteroatoms. The van der Waals surface area contributed by atoms with E-state index < -0.39 is 11.8 Å². The highest BCUT2D eigenvalue weighted by Gasteiger charge is 2.18. The number of hydrogen-bond donors (Lipinski definition) is 3. The highest BCUT2D eigenvalue weighted by Crippen LogP contribution is 2.32. The van der Waals surface area contributed by atoms with E-state index in [-0.39, 0.29) is 5.91 Å². The van der Waals surface area contributed by atoms with E-state index >= 15 is 0 Å². The van der Waals surface area contributed by atoms with E-state index in [0.29, 0.717) is 27.6 Å². The van der Waals surface area contributed by atoms with Gasteiger partial charge in [0.05, 0.1) is 22.1 Å². The number of rotatable bonds is 5. The predicted octanol–water partition coefficient (Wildman–Crippen LogP) is 5.98. The first-order valence-corrected chi connectivity index (χ1v) is 10.7. The lowest BCUT2D eigenvalue weighted by atomic mass is 10.2. The first-order valence-electron chi connectivity index (χ1n) is 10.3. The van der Waals surface area contributed by atoms with Gasteiger partial charge in [0.2, 0.25) is 0 Å². The van der Waals surface area contributed by atoms with Crippen LogP contribution >= 0.6 is 11.6 Å². The maximum Gasteiger partial charge on any atom is 0.323 e. The van der Waals surface area contributed by atoms with E-state index in [4.69, 9.17) is 11.6 Å². The lowest BCUT2D eigenvalue weighted by molar-refractivity contribution is 0.102. The Balaban J connectivity index is 1.55. The molecule has 0 atom stereocenters. The summed E-state index contributed by atoms with van der Waals surface area (Å²) in [4.78, 5) is 27.4. The molecular weight excluding hydrogens is 431 g/mol. The molecular formula is C24H22ClFN4O2. The van der Waals surface area contributed by atoms with E-state index in [9.17, 15) is 14.0 Å².